The van der Waals surface area contributed by atoms with Crippen molar-refractivity contribution >= 4 is 21.8 Å². The molecule has 0 saturated carbocycles. The smallest absolute Gasteiger partial charge is 0.263 e. The highest BCUT2D eigenvalue weighted by Gasteiger charge is 2.28. The first-order valence-electron chi connectivity index (χ1n) is 8.05. The molecule has 1 aromatic carbocycles. The van der Waals surface area contributed by atoms with Crippen molar-refractivity contribution in [2.45, 2.75) is 45.3 Å². The molecule has 2 rings (SSSR count). The molecule has 0 aliphatic carbocycles. The van der Waals surface area contributed by atoms with E-state index < -0.39 is 6.10 Å². The van der Waals surface area contributed by atoms with Gasteiger partial charge in [-0.2, -0.15) is 0 Å². The Balaban J connectivity index is 2.01. The van der Waals surface area contributed by atoms with Crippen LogP contribution in [0.3, 0.4) is 0 Å². The summed E-state index contributed by atoms with van der Waals surface area (Å²) in [5.41, 5.74) is 0. The van der Waals surface area contributed by atoms with Gasteiger partial charge in [-0.1, -0.05) is 28.9 Å². The Hall–Kier alpha value is -1.07. The van der Waals surface area contributed by atoms with Gasteiger partial charge >= 0.3 is 0 Å². The molecule has 1 unspecified atom stereocenters. The highest BCUT2D eigenvalue weighted by molar-refractivity contribution is 9.10. The van der Waals surface area contributed by atoms with Crippen LogP contribution < -0.4 is 10.1 Å². The molecule has 1 fully saturated rings. The quantitative estimate of drug-likeness (QED) is 0.837. The van der Waals surface area contributed by atoms with Crippen molar-refractivity contribution in [3.05, 3.63) is 28.7 Å². The molecule has 1 amide bonds. The van der Waals surface area contributed by atoms with Crippen LogP contribution in [0.2, 0.25) is 0 Å². The maximum Gasteiger partial charge on any atom is 0.263 e. The SMILES string of the molecule is CCCN(C(=O)C(C)Oc1cccc(Br)c1)C1CCNCC1. The number of ether oxygens (including phenoxy) is 1. The first kappa shape index (κ1) is 17.3. The maximum absolute atomic E-state index is 12.8. The van der Waals surface area contributed by atoms with Gasteiger partial charge in [0.05, 0.1) is 0 Å². The lowest BCUT2D eigenvalue weighted by Gasteiger charge is -2.36. The number of hydrogen-bond acceptors (Lipinski definition) is 3. The fourth-order valence-corrected chi connectivity index (χ4v) is 3.24. The van der Waals surface area contributed by atoms with Crippen LogP contribution in [-0.4, -0.2) is 42.6 Å². The number of nitrogens with zero attached hydrogens (tertiary/aromatic N) is 1. The molecule has 22 heavy (non-hydrogen) atoms. The van der Waals surface area contributed by atoms with Crippen LogP contribution in [0.15, 0.2) is 28.7 Å². The summed E-state index contributed by atoms with van der Waals surface area (Å²) < 4.78 is 6.79. The molecule has 4 nitrogen and oxygen atoms in total. The van der Waals surface area contributed by atoms with E-state index in [1.165, 1.54) is 0 Å². The number of carbonyl (C=O) groups excluding carboxylic acids is 1. The van der Waals surface area contributed by atoms with E-state index >= 15 is 0 Å². The summed E-state index contributed by atoms with van der Waals surface area (Å²) in [5, 5.41) is 3.35. The van der Waals surface area contributed by atoms with Crippen molar-refractivity contribution in [2.75, 3.05) is 19.6 Å². The lowest BCUT2D eigenvalue weighted by Crippen LogP contribution is -2.50. The molecule has 0 aromatic heterocycles. The molecule has 0 spiro atoms. The van der Waals surface area contributed by atoms with E-state index in [1.54, 1.807) is 0 Å². The second kappa shape index (κ2) is 8.53. The summed E-state index contributed by atoms with van der Waals surface area (Å²) in [7, 11) is 0. The molecule has 1 aliphatic rings. The van der Waals surface area contributed by atoms with E-state index in [2.05, 4.69) is 28.2 Å². The first-order valence-corrected chi connectivity index (χ1v) is 8.84. The monoisotopic (exact) mass is 368 g/mol. The van der Waals surface area contributed by atoms with E-state index in [0.29, 0.717) is 6.04 Å². The summed E-state index contributed by atoms with van der Waals surface area (Å²) >= 11 is 3.42. The highest BCUT2D eigenvalue weighted by Crippen LogP contribution is 2.20. The number of halogens is 1. The normalized spacial score (nSPS) is 17.0. The number of rotatable bonds is 6. The van der Waals surface area contributed by atoms with Crippen LogP contribution in [0.1, 0.15) is 33.1 Å². The minimum absolute atomic E-state index is 0.0914. The Bertz CT molecular complexity index is 489. The van der Waals surface area contributed by atoms with Gasteiger partial charge in [0.2, 0.25) is 0 Å². The molecule has 1 aromatic rings. The van der Waals surface area contributed by atoms with E-state index in [0.717, 1.165) is 49.1 Å². The van der Waals surface area contributed by atoms with Crippen LogP contribution in [0.5, 0.6) is 5.75 Å². The number of carbonyl (C=O) groups is 1. The third-order valence-corrected chi connectivity index (χ3v) is 4.45. The summed E-state index contributed by atoms with van der Waals surface area (Å²) in [6.45, 7) is 6.72. The Morgan fingerprint density at radius 3 is 2.82 bits per heavy atom. The number of amides is 1. The summed E-state index contributed by atoms with van der Waals surface area (Å²) in [4.78, 5) is 14.8. The number of benzene rings is 1. The Morgan fingerprint density at radius 1 is 1.45 bits per heavy atom. The van der Waals surface area contributed by atoms with Gasteiger partial charge in [0.1, 0.15) is 5.75 Å². The standard InChI is InChI=1S/C17H25BrN2O2/c1-3-11-20(15-7-9-19-10-8-15)17(21)13(2)22-16-6-4-5-14(18)12-16/h4-6,12-13,15,19H,3,7-11H2,1-2H3. The number of hydrogen-bond donors (Lipinski definition) is 1. The lowest BCUT2D eigenvalue weighted by molar-refractivity contribution is -0.141. The van der Waals surface area contributed by atoms with Gasteiger partial charge in [0, 0.05) is 17.1 Å². The molecule has 0 bridgehead atoms. The Labute approximate surface area is 141 Å². The average molecular weight is 369 g/mol. The van der Waals surface area contributed by atoms with Gasteiger partial charge in [0.25, 0.3) is 5.91 Å². The van der Waals surface area contributed by atoms with Crippen LogP contribution in [0.4, 0.5) is 0 Å². The van der Waals surface area contributed by atoms with Crippen molar-refractivity contribution < 1.29 is 9.53 Å². The largest absolute Gasteiger partial charge is 0.481 e. The minimum Gasteiger partial charge on any atom is -0.481 e. The Morgan fingerprint density at radius 2 is 2.18 bits per heavy atom. The van der Waals surface area contributed by atoms with Gasteiger partial charge in [-0.25, -0.2) is 0 Å². The number of nitrogens with one attached hydrogen (secondary N) is 1. The van der Waals surface area contributed by atoms with Gasteiger partial charge in [-0.3, -0.25) is 4.79 Å². The molecule has 1 heterocycles. The summed E-state index contributed by atoms with van der Waals surface area (Å²) in [5.74, 6) is 0.811. The zero-order valence-corrected chi connectivity index (χ0v) is 14.9. The van der Waals surface area contributed by atoms with Crippen molar-refractivity contribution in [3.63, 3.8) is 0 Å². The fraction of sp³-hybridized carbons (Fsp3) is 0.588. The molecule has 1 atom stereocenters. The zero-order valence-electron chi connectivity index (χ0n) is 13.3. The molecular formula is C17H25BrN2O2. The summed E-state index contributed by atoms with van der Waals surface area (Å²) in [6, 6.07) is 7.95. The van der Waals surface area contributed by atoms with Crippen LogP contribution in [0, 0.1) is 0 Å². The maximum atomic E-state index is 12.8. The molecule has 1 aliphatic heterocycles. The third kappa shape index (κ3) is 4.71. The predicted octanol–water partition coefficient (Wildman–Crippen LogP) is 3.21. The van der Waals surface area contributed by atoms with Crippen molar-refractivity contribution in [3.8, 4) is 5.75 Å². The highest BCUT2D eigenvalue weighted by atomic mass is 79.9. The van der Waals surface area contributed by atoms with Crippen molar-refractivity contribution in [1.82, 2.24) is 10.2 Å². The second-order valence-electron chi connectivity index (χ2n) is 5.73. The molecule has 1 N–H and O–H groups in total. The van der Waals surface area contributed by atoms with Gasteiger partial charge in [-0.15, -0.1) is 0 Å². The third-order valence-electron chi connectivity index (χ3n) is 3.95. The second-order valence-corrected chi connectivity index (χ2v) is 6.65. The van der Waals surface area contributed by atoms with Crippen molar-refractivity contribution in [1.29, 1.82) is 0 Å². The topological polar surface area (TPSA) is 41.6 Å². The van der Waals surface area contributed by atoms with Crippen molar-refractivity contribution in [2.24, 2.45) is 0 Å². The molecule has 5 heteroatoms. The van der Waals surface area contributed by atoms with Crippen LogP contribution >= 0.6 is 15.9 Å². The lowest BCUT2D eigenvalue weighted by atomic mass is 10.0. The minimum atomic E-state index is -0.462. The zero-order chi connectivity index (χ0) is 15.9. The van der Waals surface area contributed by atoms with Gasteiger partial charge in [0.15, 0.2) is 6.10 Å². The molecule has 0 radical (unpaired) electrons. The van der Waals surface area contributed by atoms with Gasteiger partial charge < -0.3 is 15.0 Å². The first-order chi connectivity index (χ1) is 10.6. The van der Waals surface area contributed by atoms with E-state index in [-0.39, 0.29) is 5.91 Å². The van der Waals surface area contributed by atoms with E-state index in [4.69, 9.17) is 4.74 Å². The molecule has 1 saturated heterocycles. The molecule has 122 valence electrons. The number of piperidine rings is 1. The predicted molar refractivity (Wildman–Crippen MR) is 92.1 cm³/mol. The van der Waals surface area contributed by atoms with Gasteiger partial charge in [-0.05, 0) is 57.5 Å². The Kier molecular flexibility index (Phi) is 6.70. The summed E-state index contributed by atoms with van der Waals surface area (Å²) in [6.07, 6.45) is 2.56. The van der Waals surface area contributed by atoms with E-state index in [9.17, 15) is 4.79 Å². The average Bonchev–Trinajstić information content (AvgIpc) is 2.53. The molecular weight excluding hydrogens is 344 g/mol. The van der Waals surface area contributed by atoms with Crippen LogP contribution in [0.25, 0.3) is 0 Å². The van der Waals surface area contributed by atoms with Crippen LogP contribution in [-0.2, 0) is 4.79 Å². The fourth-order valence-electron chi connectivity index (χ4n) is 2.86. The van der Waals surface area contributed by atoms with E-state index in [1.807, 2.05) is 36.1 Å².